The quantitative estimate of drug-likeness (QED) is 0.402. The fourth-order valence-electron chi connectivity index (χ4n) is 4.63. The normalized spacial score (nSPS) is 13.6. The lowest BCUT2D eigenvalue weighted by atomic mass is 10.0. The Balaban J connectivity index is 1.53. The number of aromatic nitrogens is 3. The molecule has 0 bridgehead atoms. The number of aryl methyl sites for hydroxylation is 1. The highest BCUT2D eigenvalue weighted by Gasteiger charge is 2.43. The molecule has 5 rings (SSSR count). The van der Waals surface area contributed by atoms with E-state index in [0.29, 0.717) is 5.82 Å². The molecule has 9 heteroatoms. The fraction of sp³-hybridized carbons (Fsp3) is 0.214. The van der Waals surface area contributed by atoms with Crippen molar-refractivity contribution >= 4 is 34.4 Å². The molecule has 1 N–H and O–H groups in total. The van der Waals surface area contributed by atoms with Crippen LogP contribution in [0.2, 0.25) is 0 Å². The van der Waals surface area contributed by atoms with Crippen molar-refractivity contribution in [3.05, 3.63) is 83.0 Å². The van der Waals surface area contributed by atoms with Gasteiger partial charge in [0.2, 0.25) is 5.91 Å². The second kappa shape index (κ2) is 9.32. The van der Waals surface area contributed by atoms with E-state index < -0.39 is 23.8 Å². The van der Waals surface area contributed by atoms with Crippen LogP contribution in [-0.4, -0.2) is 43.4 Å². The van der Waals surface area contributed by atoms with Gasteiger partial charge in [0.15, 0.2) is 11.6 Å². The molecule has 1 atom stereocenters. The van der Waals surface area contributed by atoms with E-state index in [4.69, 9.17) is 0 Å². The van der Waals surface area contributed by atoms with Crippen molar-refractivity contribution in [2.75, 3.05) is 5.32 Å². The summed E-state index contributed by atoms with van der Waals surface area (Å²) in [5.74, 6) is -1.05. The fourth-order valence-corrected chi connectivity index (χ4v) is 4.63. The second-order valence-electron chi connectivity index (χ2n) is 9.41. The first-order chi connectivity index (χ1) is 17.8. The van der Waals surface area contributed by atoms with Crippen LogP contribution in [0.5, 0.6) is 0 Å². The number of amides is 3. The minimum Gasteiger partial charge on any atom is -0.308 e. The van der Waals surface area contributed by atoms with Crippen LogP contribution in [0.1, 0.15) is 52.1 Å². The highest BCUT2D eigenvalue weighted by molar-refractivity contribution is 6.23. The van der Waals surface area contributed by atoms with Gasteiger partial charge in [-0.25, -0.2) is 4.98 Å². The van der Waals surface area contributed by atoms with Crippen LogP contribution < -0.4 is 5.32 Å². The lowest BCUT2D eigenvalue weighted by molar-refractivity contribution is -0.120. The van der Waals surface area contributed by atoms with Gasteiger partial charge in [0, 0.05) is 5.39 Å². The number of nitrogens with zero attached hydrogens (tertiary/aromatic N) is 5. The van der Waals surface area contributed by atoms with Crippen molar-refractivity contribution in [2.45, 2.75) is 33.2 Å². The number of carbonyl (C=O) groups is 3. The Morgan fingerprint density at radius 2 is 1.70 bits per heavy atom. The van der Waals surface area contributed by atoms with Gasteiger partial charge in [-0.05, 0) is 49.1 Å². The van der Waals surface area contributed by atoms with Gasteiger partial charge in [-0.3, -0.25) is 19.3 Å². The van der Waals surface area contributed by atoms with Gasteiger partial charge in [-0.15, -0.1) is 0 Å². The number of para-hydroxylation sites is 1. The molecular weight excluding hydrogens is 468 g/mol. The summed E-state index contributed by atoms with van der Waals surface area (Å²) in [6.07, 6.45) is 1.60. The number of anilines is 1. The van der Waals surface area contributed by atoms with Gasteiger partial charge in [-0.1, -0.05) is 44.2 Å². The number of carbonyl (C=O) groups excluding carboxylic acids is 3. The number of fused-ring (bicyclic) bond motifs is 2. The number of rotatable bonds is 6. The summed E-state index contributed by atoms with van der Waals surface area (Å²) in [5, 5.41) is 17.8. The molecule has 37 heavy (non-hydrogen) atoms. The summed E-state index contributed by atoms with van der Waals surface area (Å²) in [5.41, 5.74) is 2.37. The molecule has 1 aliphatic heterocycles. The van der Waals surface area contributed by atoms with Gasteiger partial charge in [0.25, 0.3) is 11.8 Å². The Morgan fingerprint density at radius 3 is 2.35 bits per heavy atom. The Hall–Kier alpha value is -4.84. The highest BCUT2D eigenvalue weighted by atomic mass is 16.2. The minimum atomic E-state index is -1.08. The second-order valence-corrected chi connectivity index (χ2v) is 9.41. The highest BCUT2D eigenvalue weighted by Crippen LogP contribution is 2.29. The molecule has 0 spiro atoms. The van der Waals surface area contributed by atoms with Gasteiger partial charge in [0.1, 0.15) is 17.7 Å². The number of benzene rings is 2. The van der Waals surface area contributed by atoms with E-state index in [9.17, 15) is 19.6 Å². The summed E-state index contributed by atoms with van der Waals surface area (Å²) in [6, 6.07) is 17.0. The molecule has 0 saturated carbocycles. The maximum atomic E-state index is 13.7. The third-order valence-electron chi connectivity index (χ3n) is 6.39. The van der Waals surface area contributed by atoms with Crippen molar-refractivity contribution in [3.63, 3.8) is 0 Å². The average molecular weight is 493 g/mol. The van der Waals surface area contributed by atoms with E-state index in [2.05, 4.69) is 21.5 Å². The molecule has 0 saturated heterocycles. The van der Waals surface area contributed by atoms with Crippen molar-refractivity contribution < 1.29 is 14.4 Å². The molecule has 1 unspecified atom stereocenters. The number of pyridine rings is 1. The van der Waals surface area contributed by atoms with Gasteiger partial charge >= 0.3 is 0 Å². The molecule has 184 valence electrons. The predicted molar refractivity (Wildman–Crippen MR) is 137 cm³/mol. The monoisotopic (exact) mass is 492 g/mol. The zero-order chi connectivity index (χ0) is 26.3. The van der Waals surface area contributed by atoms with Crippen LogP contribution in [-0.2, 0) is 4.79 Å². The molecular formula is C28H24N6O3. The summed E-state index contributed by atoms with van der Waals surface area (Å²) < 4.78 is 1.39. The standard InChI is InChI=1S/C28H24N6O3/c1-16(2)12-23(33-27(36)20-9-4-5-10-21(20)28(33)37)26(35)32-25-18(14-29)15-30-34(25)24-13-17(3)19-8-6-7-11-22(19)31-24/h4-11,13,15-16,23H,12H2,1-3H3,(H,32,35). The summed E-state index contributed by atoms with van der Waals surface area (Å²) >= 11 is 0. The third-order valence-corrected chi connectivity index (χ3v) is 6.39. The van der Waals surface area contributed by atoms with Gasteiger partial charge < -0.3 is 5.32 Å². The number of hydrogen-bond acceptors (Lipinski definition) is 6. The van der Waals surface area contributed by atoms with Gasteiger partial charge in [0.05, 0.1) is 22.8 Å². The Kier molecular flexibility index (Phi) is 6.01. The molecule has 9 nitrogen and oxygen atoms in total. The first-order valence-corrected chi connectivity index (χ1v) is 11.9. The van der Waals surface area contributed by atoms with Crippen LogP contribution in [0.25, 0.3) is 16.7 Å². The summed E-state index contributed by atoms with van der Waals surface area (Å²) in [7, 11) is 0. The molecule has 0 aliphatic carbocycles. The zero-order valence-corrected chi connectivity index (χ0v) is 20.6. The van der Waals surface area contributed by atoms with E-state index in [1.54, 1.807) is 24.3 Å². The van der Waals surface area contributed by atoms with Crippen molar-refractivity contribution in [1.29, 1.82) is 5.26 Å². The molecule has 1 aliphatic rings. The number of nitriles is 1. The van der Waals surface area contributed by atoms with Crippen molar-refractivity contribution in [3.8, 4) is 11.9 Å². The van der Waals surface area contributed by atoms with E-state index >= 15 is 0 Å². The van der Waals surface area contributed by atoms with Crippen LogP contribution in [0.4, 0.5) is 5.82 Å². The number of hydrogen-bond donors (Lipinski definition) is 1. The first-order valence-electron chi connectivity index (χ1n) is 11.9. The van der Waals surface area contributed by atoms with Crippen molar-refractivity contribution in [1.82, 2.24) is 19.7 Å². The molecule has 3 heterocycles. The maximum Gasteiger partial charge on any atom is 0.262 e. The van der Waals surface area contributed by atoms with Crippen LogP contribution >= 0.6 is 0 Å². The predicted octanol–water partition coefficient (Wildman–Crippen LogP) is 4.25. The molecule has 2 aromatic carbocycles. The Morgan fingerprint density at radius 1 is 1.05 bits per heavy atom. The summed E-state index contributed by atoms with van der Waals surface area (Å²) in [6.45, 7) is 5.76. The maximum absolute atomic E-state index is 13.7. The third kappa shape index (κ3) is 4.12. The molecule has 4 aromatic rings. The molecule has 0 radical (unpaired) electrons. The molecule has 3 amide bonds. The largest absolute Gasteiger partial charge is 0.308 e. The van der Waals surface area contributed by atoms with E-state index in [0.717, 1.165) is 21.4 Å². The topological polar surface area (TPSA) is 121 Å². The van der Waals surface area contributed by atoms with Crippen LogP contribution in [0.15, 0.2) is 60.8 Å². The molecule has 2 aromatic heterocycles. The average Bonchev–Trinajstić information content (AvgIpc) is 3.40. The lowest BCUT2D eigenvalue weighted by Gasteiger charge is -2.27. The van der Waals surface area contributed by atoms with Crippen LogP contribution in [0.3, 0.4) is 0 Å². The SMILES string of the molecule is Cc1cc(-n2ncc(C#N)c2NC(=O)C(CC(C)C)N2C(=O)c3ccccc3C2=O)nc2ccccc12. The minimum absolute atomic E-state index is 0.00483. The molecule has 0 fully saturated rings. The Labute approximate surface area is 213 Å². The van der Waals surface area contributed by atoms with Crippen LogP contribution in [0, 0.1) is 24.2 Å². The Bertz CT molecular complexity index is 1580. The first kappa shape index (κ1) is 23.9. The smallest absolute Gasteiger partial charge is 0.262 e. The van der Waals surface area contributed by atoms with Crippen molar-refractivity contribution in [2.24, 2.45) is 5.92 Å². The number of nitrogens with one attached hydrogen (secondary N) is 1. The van der Waals surface area contributed by atoms with E-state index in [1.807, 2.05) is 51.1 Å². The van der Waals surface area contributed by atoms with Gasteiger partial charge in [-0.2, -0.15) is 15.0 Å². The lowest BCUT2D eigenvalue weighted by Crippen LogP contribution is -2.48. The van der Waals surface area contributed by atoms with E-state index in [-0.39, 0.29) is 34.8 Å². The number of imide groups is 1. The summed E-state index contributed by atoms with van der Waals surface area (Å²) in [4.78, 5) is 45.7. The van der Waals surface area contributed by atoms with E-state index in [1.165, 1.54) is 10.9 Å². The zero-order valence-electron chi connectivity index (χ0n) is 20.6.